The van der Waals surface area contributed by atoms with E-state index >= 15 is 0 Å². The molecule has 0 radical (unpaired) electrons. The third kappa shape index (κ3) is 4.77. The molecule has 0 aliphatic heterocycles. The van der Waals surface area contributed by atoms with Gasteiger partial charge in [0.15, 0.2) is 10.3 Å². The third-order valence-corrected chi connectivity index (χ3v) is 4.64. The molecule has 0 bridgehead atoms. The summed E-state index contributed by atoms with van der Waals surface area (Å²) in [6.07, 6.45) is 1.72. The van der Waals surface area contributed by atoms with E-state index in [4.69, 9.17) is 4.74 Å². The molecule has 1 aromatic carbocycles. The van der Waals surface area contributed by atoms with Gasteiger partial charge in [-0.15, -0.1) is 22.7 Å². The average molecular weight is 389 g/mol. The molecule has 0 fully saturated rings. The summed E-state index contributed by atoms with van der Waals surface area (Å²) in [5.41, 5.74) is 1.11. The SMILES string of the molecule is COc1ccccc1NC(=O)Nc1nc(CC(=O)Nc2nccs2)cs1. The minimum Gasteiger partial charge on any atom is -0.495 e. The molecular formula is C16H15N5O3S2. The maximum Gasteiger partial charge on any atom is 0.325 e. The fourth-order valence-electron chi connectivity index (χ4n) is 2.06. The summed E-state index contributed by atoms with van der Waals surface area (Å²) >= 11 is 2.58. The molecule has 3 N–H and O–H groups in total. The van der Waals surface area contributed by atoms with Crippen molar-refractivity contribution in [3.05, 3.63) is 46.9 Å². The van der Waals surface area contributed by atoms with Gasteiger partial charge in [-0.1, -0.05) is 12.1 Å². The van der Waals surface area contributed by atoms with Gasteiger partial charge in [0, 0.05) is 17.0 Å². The van der Waals surface area contributed by atoms with E-state index in [1.165, 1.54) is 29.8 Å². The van der Waals surface area contributed by atoms with E-state index in [9.17, 15) is 9.59 Å². The highest BCUT2D eigenvalue weighted by Gasteiger charge is 2.12. The van der Waals surface area contributed by atoms with Crippen molar-refractivity contribution in [2.45, 2.75) is 6.42 Å². The molecule has 0 spiro atoms. The zero-order valence-corrected chi connectivity index (χ0v) is 15.3. The molecule has 0 aliphatic rings. The van der Waals surface area contributed by atoms with Gasteiger partial charge in [0.2, 0.25) is 5.91 Å². The Balaban J connectivity index is 1.54. The maximum atomic E-state index is 12.1. The topological polar surface area (TPSA) is 105 Å². The van der Waals surface area contributed by atoms with Crippen molar-refractivity contribution in [2.24, 2.45) is 0 Å². The number of nitrogens with one attached hydrogen (secondary N) is 3. The maximum absolute atomic E-state index is 12.1. The van der Waals surface area contributed by atoms with E-state index in [-0.39, 0.29) is 12.3 Å². The Morgan fingerprint density at radius 3 is 2.73 bits per heavy atom. The number of anilines is 3. The molecule has 26 heavy (non-hydrogen) atoms. The summed E-state index contributed by atoms with van der Waals surface area (Å²) in [4.78, 5) is 32.3. The first-order chi connectivity index (χ1) is 12.6. The molecule has 0 saturated heterocycles. The number of rotatable bonds is 6. The minimum absolute atomic E-state index is 0.103. The fourth-order valence-corrected chi connectivity index (χ4v) is 3.31. The second-order valence-corrected chi connectivity index (χ2v) is 6.74. The van der Waals surface area contributed by atoms with Crippen molar-refractivity contribution in [3.63, 3.8) is 0 Å². The minimum atomic E-state index is -0.442. The number of amides is 3. The molecule has 0 saturated carbocycles. The number of thiazole rings is 2. The second-order valence-electron chi connectivity index (χ2n) is 4.99. The van der Waals surface area contributed by atoms with Gasteiger partial charge >= 0.3 is 6.03 Å². The van der Waals surface area contributed by atoms with Gasteiger partial charge in [0.25, 0.3) is 0 Å². The second kappa shape index (κ2) is 8.41. The summed E-state index contributed by atoms with van der Waals surface area (Å²) in [6, 6.07) is 6.64. The standard InChI is InChI=1S/C16H15N5O3S2/c1-24-12-5-3-2-4-11(12)19-14(23)21-16-18-10(9-26-16)8-13(22)20-15-17-6-7-25-15/h2-7,9H,8H2,1H3,(H,17,20,22)(H2,18,19,21,23). The summed E-state index contributed by atoms with van der Waals surface area (Å²) in [5.74, 6) is 0.344. The number of para-hydroxylation sites is 2. The fraction of sp³-hybridized carbons (Fsp3) is 0.125. The predicted molar refractivity (Wildman–Crippen MR) is 102 cm³/mol. The first-order valence-corrected chi connectivity index (χ1v) is 9.25. The number of hydrogen-bond donors (Lipinski definition) is 3. The third-order valence-electron chi connectivity index (χ3n) is 3.15. The molecule has 134 valence electrons. The van der Waals surface area contributed by atoms with Crippen molar-refractivity contribution < 1.29 is 14.3 Å². The molecule has 10 heteroatoms. The molecule has 0 atom stereocenters. The van der Waals surface area contributed by atoms with Crippen LogP contribution in [0.2, 0.25) is 0 Å². The van der Waals surface area contributed by atoms with E-state index < -0.39 is 6.03 Å². The van der Waals surface area contributed by atoms with Crippen LogP contribution in [-0.2, 0) is 11.2 Å². The van der Waals surface area contributed by atoms with Crippen LogP contribution < -0.4 is 20.7 Å². The van der Waals surface area contributed by atoms with Gasteiger partial charge in [0.05, 0.1) is 24.9 Å². The van der Waals surface area contributed by atoms with E-state index in [2.05, 4.69) is 25.9 Å². The van der Waals surface area contributed by atoms with Crippen molar-refractivity contribution >= 4 is 50.6 Å². The van der Waals surface area contributed by atoms with Crippen LogP contribution in [0.1, 0.15) is 5.69 Å². The number of aromatic nitrogens is 2. The van der Waals surface area contributed by atoms with Crippen LogP contribution in [0, 0.1) is 0 Å². The van der Waals surface area contributed by atoms with Crippen LogP contribution in [0.15, 0.2) is 41.2 Å². The van der Waals surface area contributed by atoms with Gasteiger partial charge in [-0.05, 0) is 12.1 Å². The number of ether oxygens (including phenoxy) is 1. The average Bonchev–Trinajstić information content (AvgIpc) is 3.27. The van der Waals surface area contributed by atoms with Crippen LogP contribution in [0.5, 0.6) is 5.75 Å². The zero-order valence-electron chi connectivity index (χ0n) is 13.7. The summed E-state index contributed by atoms with van der Waals surface area (Å²) < 4.78 is 5.18. The number of carbonyl (C=O) groups excluding carboxylic acids is 2. The molecule has 3 amide bonds. The van der Waals surface area contributed by atoms with Crippen molar-refractivity contribution in [1.29, 1.82) is 0 Å². The number of nitrogens with zero attached hydrogens (tertiary/aromatic N) is 2. The largest absolute Gasteiger partial charge is 0.495 e. The molecule has 0 unspecified atom stereocenters. The lowest BCUT2D eigenvalue weighted by molar-refractivity contribution is -0.115. The molecule has 3 aromatic rings. The normalized spacial score (nSPS) is 10.2. The molecule has 8 nitrogen and oxygen atoms in total. The Kier molecular flexibility index (Phi) is 5.77. The predicted octanol–water partition coefficient (Wildman–Crippen LogP) is 3.43. The van der Waals surface area contributed by atoms with Crippen LogP contribution in [0.3, 0.4) is 0 Å². The van der Waals surface area contributed by atoms with E-state index in [0.717, 1.165) is 0 Å². The monoisotopic (exact) mass is 389 g/mol. The zero-order chi connectivity index (χ0) is 18.4. The van der Waals surface area contributed by atoms with E-state index in [1.54, 1.807) is 35.2 Å². The first kappa shape index (κ1) is 17.8. The lowest BCUT2D eigenvalue weighted by atomic mass is 10.3. The van der Waals surface area contributed by atoms with Gasteiger partial charge in [-0.3, -0.25) is 10.1 Å². The lowest BCUT2D eigenvalue weighted by Crippen LogP contribution is -2.20. The van der Waals surface area contributed by atoms with Gasteiger partial charge in [-0.2, -0.15) is 0 Å². The Bertz CT molecular complexity index is 895. The number of carbonyl (C=O) groups is 2. The summed E-state index contributed by atoms with van der Waals surface area (Å²) in [6.45, 7) is 0. The highest BCUT2D eigenvalue weighted by Crippen LogP contribution is 2.23. The summed E-state index contributed by atoms with van der Waals surface area (Å²) in [5, 5.41) is 12.5. The van der Waals surface area contributed by atoms with Gasteiger partial charge in [0.1, 0.15) is 5.75 Å². The highest BCUT2D eigenvalue weighted by molar-refractivity contribution is 7.14. The van der Waals surface area contributed by atoms with Crippen LogP contribution in [0.4, 0.5) is 20.7 Å². The number of hydrogen-bond acceptors (Lipinski definition) is 7. The molecule has 2 heterocycles. The van der Waals surface area contributed by atoms with E-state index in [0.29, 0.717) is 27.4 Å². The Morgan fingerprint density at radius 1 is 1.12 bits per heavy atom. The Labute approximate surface area is 157 Å². The summed E-state index contributed by atoms with van der Waals surface area (Å²) in [7, 11) is 1.53. The van der Waals surface area contributed by atoms with E-state index in [1.807, 2.05) is 6.07 Å². The lowest BCUT2D eigenvalue weighted by Gasteiger charge is -2.09. The molecule has 0 aliphatic carbocycles. The molecule has 3 rings (SSSR count). The van der Waals surface area contributed by atoms with Crippen molar-refractivity contribution in [3.8, 4) is 5.75 Å². The Morgan fingerprint density at radius 2 is 1.96 bits per heavy atom. The van der Waals surface area contributed by atoms with Crippen LogP contribution >= 0.6 is 22.7 Å². The number of urea groups is 1. The molecule has 2 aromatic heterocycles. The van der Waals surface area contributed by atoms with Crippen LogP contribution in [0.25, 0.3) is 0 Å². The quantitative estimate of drug-likeness (QED) is 0.599. The molecular weight excluding hydrogens is 374 g/mol. The Hall–Kier alpha value is -2.98. The smallest absolute Gasteiger partial charge is 0.325 e. The highest BCUT2D eigenvalue weighted by atomic mass is 32.1. The first-order valence-electron chi connectivity index (χ1n) is 7.49. The van der Waals surface area contributed by atoms with Gasteiger partial charge < -0.3 is 15.4 Å². The number of benzene rings is 1. The number of methoxy groups -OCH3 is 1. The van der Waals surface area contributed by atoms with Crippen molar-refractivity contribution in [2.75, 3.05) is 23.1 Å². The van der Waals surface area contributed by atoms with Gasteiger partial charge in [-0.25, -0.2) is 14.8 Å². The van der Waals surface area contributed by atoms with Crippen molar-refractivity contribution in [1.82, 2.24) is 9.97 Å². The van der Waals surface area contributed by atoms with Crippen LogP contribution in [-0.4, -0.2) is 29.0 Å².